The molecule has 0 amide bonds. The highest BCUT2D eigenvalue weighted by atomic mass is 16.1. The van der Waals surface area contributed by atoms with Gasteiger partial charge in [-0.05, 0) is 37.2 Å². The van der Waals surface area contributed by atoms with E-state index < -0.39 is 0 Å². The van der Waals surface area contributed by atoms with Gasteiger partial charge in [0.05, 0.1) is 0 Å². The molecule has 16 heavy (non-hydrogen) atoms. The van der Waals surface area contributed by atoms with E-state index in [1.165, 1.54) is 24.0 Å². The van der Waals surface area contributed by atoms with Crippen molar-refractivity contribution in [3.63, 3.8) is 0 Å². The Labute approximate surface area is 96.2 Å². The zero-order valence-corrected chi connectivity index (χ0v) is 9.62. The minimum absolute atomic E-state index is 0.295. The maximum Gasteiger partial charge on any atom is 0.189 e. The van der Waals surface area contributed by atoms with E-state index in [0.717, 1.165) is 24.0 Å². The van der Waals surface area contributed by atoms with Gasteiger partial charge in [0, 0.05) is 11.1 Å². The summed E-state index contributed by atoms with van der Waals surface area (Å²) in [7, 11) is 0. The van der Waals surface area contributed by atoms with Gasteiger partial charge in [0.1, 0.15) is 0 Å². The lowest BCUT2D eigenvalue weighted by Gasteiger charge is -2.29. The summed E-state index contributed by atoms with van der Waals surface area (Å²) in [5.74, 6) is 0.758. The third-order valence-corrected chi connectivity index (χ3v) is 3.90. The molecule has 1 unspecified atom stereocenters. The zero-order valence-electron chi connectivity index (χ0n) is 9.62. The van der Waals surface area contributed by atoms with Crippen LogP contribution in [-0.2, 0) is 6.42 Å². The Kier molecular flexibility index (Phi) is 2.20. The summed E-state index contributed by atoms with van der Waals surface area (Å²) in [6.45, 7) is 2.19. The largest absolute Gasteiger partial charge is 0.289 e. The highest BCUT2D eigenvalue weighted by Gasteiger charge is 2.30. The van der Waals surface area contributed by atoms with Gasteiger partial charge < -0.3 is 0 Å². The van der Waals surface area contributed by atoms with Crippen LogP contribution >= 0.6 is 0 Å². The maximum absolute atomic E-state index is 12.4. The van der Waals surface area contributed by atoms with Crippen LogP contribution < -0.4 is 0 Å². The van der Waals surface area contributed by atoms with Crippen molar-refractivity contribution in [2.75, 3.05) is 0 Å². The molecule has 82 valence electrons. The number of carbonyl (C=O) groups is 1. The van der Waals surface area contributed by atoms with E-state index in [1.807, 2.05) is 18.2 Å². The molecule has 1 aromatic carbocycles. The van der Waals surface area contributed by atoms with Crippen molar-refractivity contribution in [3.8, 4) is 0 Å². The average Bonchev–Trinajstić information content (AvgIpc) is 2.29. The van der Waals surface area contributed by atoms with Crippen LogP contribution in [0.5, 0.6) is 0 Å². The Morgan fingerprint density at radius 1 is 1.25 bits per heavy atom. The van der Waals surface area contributed by atoms with E-state index in [2.05, 4.69) is 13.0 Å². The molecule has 0 heterocycles. The van der Waals surface area contributed by atoms with Gasteiger partial charge in [-0.2, -0.15) is 0 Å². The van der Waals surface area contributed by atoms with Crippen molar-refractivity contribution < 1.29 is 4.79 Å². The lowest BCUT2D eigenvalue weighted by molar-refractivity contribution is 0.101. The van der Waals surface area contributed by atoms with E-state index in [-0.39, 0.29) is 0 Å². The van der Waals surface area contributed by atoms with Crippen molar-refractivity contribution in [1.82, 2.24) is 0 Å². The van der Waals surface area contributed by atoms with E-state index in [4.69, 9.17) is 0 Å². The van der Waals surface area contributed by atoms with Crippen molar-refractivity contribution >= 4 is 5.78 Å². The van der Waals surface area contributed by atoms with Crippen molar-refractivity contribution in [1.29, 1.82) is 0 Å². The highest BCUT2D eigenvalue weighted by Crippen LogP contribution is 2.38. The third kappa shape index (κ3) is 1.35. The number of hydrogen-bond acceptors (Lipinski definition) is 1. The van der Waals surface area contributed by atoms with E-state index in [0.29, 0.717) is 11.7 Å². The maximum atomic E-state index is 12.4. The molecule has 1 atom stereocenters. The summed E-state index contributed by atoms with van der Waals surface area (Å²) in [5, 5.41) is 0. The Bertz CT molecular complexity index is 482. The summed E-state index contributed by atoms with van der Waals surface area (Å²) in [6.07, 6.45) is 4.55. The third-order valence-electron chi connectivity index (χ3n) is 3.90. The molecule has 0 radical (unpaired) electrons. The average molecular weight is 212 g/mol. The normalized spacial score (nSPS) is 24.1. The van der Waals surface area contributed by atoms with Crippen molar-refractivity contribution in [3.05, 3.63) is 46.5 Å². The molecule has 1 aromatic rings. The fourth-order valence-corrected chi connectivity index (χ4v) is 3.09. The predicted octanol–water partition coefficient (Wildman–Crippen LogP) is 3.54. The molecule has 3 rings (SSSR count). The number of ketones is 1. The van der Waals surface area contributed by atoms with Gasteiger partial charge in [0.15, 0.2) is 5.78 Å². The first-order chi connectivity index (χ1) is 7.77. The molecule has 0 aliphatic heterocycles. The predicted molar refractivity (Wildman–Crippen MR) is 64.5 cm³/mol. The molecular formula is C15H16O. The lowest BCUT2D eigenvalue weighted by Crippen LogP contribution is -2.23. The fourth-order valence-electron chi connectivity index (χ4n) is 3.09. The zero-order chi connectivity index (χ0) is 11.1. The van der Waals surface area contributed by atoms with Gasteiger partial charge in [0.2, 0.25) is 0 Å². The Hall–Kier alpha value is -1.37. The van der Waals surface area contributed by atoms with E-state index in [9.17, 15) is 4.79 Å². The minimum atomic E-state index is 0.295. The summed E-state index contributed by atoms with van der Waals surface area (Å²) in [6, 6.07) is 8.07. The van der Waals surface area contributed by atoms with Crippen LogP contribution in [0.2, 0.25) is 0 Å². The summed E-state index contributed by atoms with van der Waals surface area (Å²) in [4.78, 5) is 12.4. The molecule has 2 aliphatic rings. The number of benzene rings is 1. The molecule has 0 fully saturated rings. The quantitative estimate of drug-likeness (QED) is 0.643. The molecule has 1 heteroatoms. The van der Waals surface area contributed by atoms with Crippen LogP contribution in [0.25, 0.3) is 0 Å². The first-order valence-electron chi connectivity index (χ1n) is 6.12. The van der Waals surface area contributed by atoms with Crippen LogP contribution in [0.1, 0.15) is 42.1 Å². The number of fused-ring (bicyclic) bond motifs is 1. The Balaban J connectivity index is 2.12. The van der Waals surface area contributed by atoms with Crippen molar-refractivity contribution in [2.24, 2.45) is 5.92 Å². The van der Waals surface area contributed by atoms with Gasteiger partial charge in [-0.15, -0.1) is 0 Å². The molecule has 0 spiro atoms. The number of rotatable bonds is 0. The van der Waals surface area contributed by atoms with Crippen LogP contribution in [0.3, 0.4) is 0 Å². The number of hydrogen-bond donors (Lipinski definition) is 0. The van der Waals surface area contributed by atoms with Crippen LogP contribution in [0, 0.1) is 5.92 Å². The molecule has 2 aliphatic carbocycles. The SMILES string of the molecule is CC1CCCC2=C1C(=O)c1ccccc1C2. The van der Waals surface area contributed by atoms with Gasteiger partial charge in [-0.3, -0.25) is 4.79 Å². The summed E-state index contributed by atoms with van der Waals surface area (Å²) < 4.78 is 0. The number of Topliss-reactive ketones (excluding diaryl/α,β-unsaturated/α-hetero) is 1. The van der Waals surface area contributed by atoms with Gasteiger partial charge in [0.25, 0.3) is 0 Å². The molecule has 0 bridgehead atoms. The molecular weight excluding hydrogens is 196 g/mol. The second-order valence-electron chi connectivity index (χ2n) is 4.97. The minimum Gasteiger partial charge on any atom is -0.289 e. The smallest absolute Gasteiger partial charge is 0.189 e. The van der Waals surface area contributed by atoms with E-state index >= 15 is 0 Å². The number of carbonyl (C=O) groups excluding carboxylic acids is 1. The van der Waals surface area contributed by atoms with Gasteiger partial charge in [-0.25, -0.2) is 0 Å². The Morgan fingerprint density at radius 3 is 2.94 bits per heavy atom. The van der Waals surface area contributed by atoms with E-state index in [1.54, 1.807) is 0 Å². The Morgan fingerprint density at radius 2 is 2.06 bits per heavy atom. The van der Waals surface area contributed by atoms with Gasteiger partial charge in [-0.1, -0.05) is 36.8 Å². The second-order valence-corrected chi connectivity index (χ2v) is 4.97. The van der Waals surface area contributed by atoms with Crippen LogP contribution in [-0.4, -0.2) is 5.78 Å². The fraction of sp³-hybridized carbons (Fsp3) is 0.400. The molecule has 0 aromatic heterocycles. The first kappa shape index (κ1) is 9.83. The monoisotopic (exact) mass is 212 g/mol. The topological polar surface area (TPSA) is 17.1 Å². The standard InChI is InChI=1S/C15H16O/c1-10-5-4-7-12-9-11-6-2-3-8-13(11)15(16)14(10)12/h2-3,6,8,10H,4-5,7,9H2,1H3. The second kappa shape index (κ2) is 3.58. The molecule has 0 saturated heterocycles. The van der Waals surface area contributed by atoms with Crippen LogP contribution in [0.4, 0.5) is 0 Å². The lowest BCUT2D eigenvalue weighted by atomic mass is 9.74. The summed E-state index contributed by atoms with van der Waals surface area (Å²) in [5.41, 5.74) is 4.70. The molecule has 1 nitrogen and oxygen atoms in total. The highest BCUT2D eigenvalue weighted by molar-refractivity contribution is 6.11. The summed E-state index contributed by atoms with van der Waals surface area (Å²) >= 11 is 0. The van der Waals surface area contributed by atoms with Crippen LogP contribution in [0.15, 0.2) is 35.4 Å². The molecule has 0 N–H and O–H groups in total. The molecule has 0 saturated carbocycles. The van der Waals surface area contributed by atoms with Crippen molar-refractivity contribution in [2.45, 2.75) is 32.6 Å². The van der Waals surface area contributed by atoms with Gasteiger partial charge >= 0.3 is 0 Å². The first-order valence-corrected chi connectivity index (χ1v) is 6.12. The number of allylic oxidation sites excluding steroid dienone is 2.